The molecule has 0 bridgehead atoms. The lowest BCUT2D eigenvalue weighted by molar-refractivity contribution is 0.413. The van der Waals surface area contributed by atoms with Crippen LogP contribution in [-0.4, -0.2) is 24.4 Å². The van der Waals surface area contributed by atoms with Crippen LogP contribution in [0.15, 0.2) is 29.2 Å². The highest BCUT2D eigenvalue weighted by Crippen LogP contribution is 2.30. The Morgan fingerprint density at radius 1 is 1.53 bits per heavy atom. The van der Waals surface area contributed by atoms with E-state index in [1.54, 1.807) is 18.9 Å². The van der Waals surface area contributed by atoms with E-state index in [1.165, 1.54) is 4.90 Å². The van der Waals surface area contributed by atoms with E-state index in [1.807, 2.05) is 32.0 Å². The summed E-state index contributed by atoms with van der Waals surface area (Å²) in [7, 11) is 1.67. The summed E-state index contributed by atoms with van der Waals surface area (Å²) < 4.78 is 5.22. The largest absolute Gasteiger partial charge is 0.497 e. The molecule has 4 heteroatoms. The van der Waals surface area contributed by atoms with Crippen LogP contribution in [0.3, 0.4) is 0 Å². The highest BCUT2D eigenvalue weighted by Gasteiger charge is 2.25. The first kappa shape index (κ1) is 15.9. The number of ether oxygens (including phenoxy) is 1. The van der Waals surface area contributed by atoms with Crippen molar-refractivity contribution in [3.8, 4) is 11.8 Å². The summed E-state index contributed by atoms with van der Waals surface area (Å²) in [6, 6.07) is 10.4. The van der Waals surface area contributed by atoms with E-state index in [2.05, 4.69) is 24.4 Å². The Hall–Kier alpha value is -1.18. The molecule has 0 amide bonds. The Labute approximate surface area is 120 Å². The summed E-state index contributed by atoms with van der Waals surface area (Å²) in [4.78, 5) is 1.17. The molecule has 1 aromatic rings. The normalized spacial score (nSPS) is 15.3. The molecular formula is C15H22N2OS. The molecule has 1 aromatic carbocycles. The molecule has 19 heavy (non-hydrogen) atoms. The van der Waals surface area contributed by atoms with Crippen molar-refractivity contribution in [2.45, 2.75) is 42.9 Å². The zero-order valence-corrected chi connectivity index (χ0v) is 12.9. The smallest absolute Gasteiger partial charge is 0.119 e. The van der Waals surface area contributed by atoms with Crippen LogP contribution in [0.1, 0.15) is 27.2 Å². The second-order valence-corrected chi connectivity index (χ2v) is 6.30. The number of hydrogen-bond donors (Lipinski definition) is 1. The van der Waals surface area contributed by atoms with Crippen LogP contribution in [0.2, 0.25) is 0 Å². The zero-order chi connectivity index (χ0) is 14.3. The Morgan fingerprint density at radius 2 is 2.26 bits per heavy atom. The SMILES string of the molecule is CCNC(C)(C#N)CC(C)Sc1cccc(OC)c1. The first-order valence-electron chi connectivity index (χ1n) is 6.50. The van der Waals surface area contributed by atoms with Gasteiger partial charge in [-0.2, -0.15) is 5.26 Å². The van der Waals surface area contributed by atoms with Crippen molar-refractivity contribution in [2.24, 2.45) is 0 Å². The van der Waals surface area contributed by atoms with E-state index in [4.69, 9.17) is 4.74 Å². The maximum absolute atomic E-state index is 9.27. The molecule has 0 aromatic heterocycles. The molecule has 2 unspecified atom stereocenters. The fourth-order valence-electron chi connectivity index (χ4n) is 2.07. The first-order chi connectivity index (χ1) is 9.03. The van der Waals surface area contributed by atoms with Crippen LogP contribution in [0.4, 0.5) is 0 Å². The van der Waals surface area contributed by atoms with Gasteiger partial charge in [0.25, 0.3) is 0 Å². The summed E-state index contributed by atoms with van der Waals surface area (Å²) in [5.41, 5.74) is -0.458. The minimum absolute atomic E-state index is 0.357. The van der Waals surface area contributed by atoms with Crippen molar-refractivity contribution in [1.82, 2.24) is 5.32 Å². The molecule has 2 atom stereocenters. The van der Waals surface area contributed by atoms with Crippen molar-refractivity contribution in [3.05, 3.63) is 24.3 Å². The summed E-state index contributed by atoms with van der Waals surface area (Å²) in [5.74, 6) is 0.868. The molecule has 0 saturated carbocycles. The van der Waals surface area contributed by atoms with Gasteiger partial charge in [0.15, 0.2) is 0 Å². The van der Waals surface area contributed by atoms with Gasteiger partial charge < -0.3 is 4.74 Å². The topological polar surface area (TPSA) is 45.0 Å². The van der Waals surface area contributed by atoms with Gasteiger partial charge in [-0.1, -0.05) is 19.9 Å². The van der Waals surface area contributed by atoms with Gasteiger partial charge in [-0.25, -0.2) is 0 Å². The standard InChI is InChI=1S/C15H22N2OS/c1-5-17-15(3,11-16)10-12(2)19-14-8-6-7-13(9-14)18-4/h6-9,12,17H,5,10H2,1-4H3. The summed E-state index contributed by atoms with van der Waals surface area (Å²) in [6.45, 7) is 6.94. The van der Waals surface area contributed by atoms with Crippen LogP contribution in [-0.2, 0) is 0 Å². The highest BCUT2D eigenvalue weighted by atomic mass is 32.2. The van der Waals surface area contributed by atoms with E-state index < -0.39 is 5.54 Å². The lowest BCUT2D eigenvalue weighted by Gasteiger charge is -2.25. The first-order valence-corrected chi connectivity index (χ1v) is 7.38. The quantitative estimate of drug-likeness (QED) is 0.776. The van der Waals surface area contributed by atoms with Crippen molar-refractivity contribution in [1.29, 1.82) is 5.26 Å². The number of thioether (sulfide) groups is 1. The molecule has 0 heterocycles. The van der Waals surface area contributed by atoms with E-state index in [0.717, 1.165) is 18.7 Å². The number of hydrogen-bond acceptors (Lipinski definition) is 4. The number of nitrogens with zero attached hydrogens (tertiary/aromatic N) is 1. The Kier molecular flexibility index (Phi) is 6.20. The van der Waals surface area contributed by atoms with Gasteiger partial charge in [-0.3, -0.25) is 5.32 Å². The fraction of sp³-hybridized carbons (Fsp3) is 0.533. The van der Waals surface area contributed by atoms with Crippen molar-refractivity contribution < 1.29 is 4.74 Å². The molecule has 0 aliphatic heterocycles. The predicted molar refractivity (Wildman–Crippen MR) is 80.6 cm³/mol. The number of benzene rings is 1. The molecule has 0 spiro atoms. The Morgan fingerprint density at radius 3 is 2.84 bits per heavy atom. The van der Waals surface area contributed by atoms with Gasteiger partial charge in [0, 0.05) is 10.1 Å². The molecule has 1 rings (SSSR count). The van der Waals surface area contributed by atoms with Crippen LogP contribution in [0.5, 0.6) is 5.75 Å². The van der Waals surface area contributed by atoms with Gasteiger partial charge >= 0.3 is 0 Å². The molecule has 0 fully saturated rings. The minimum atomic E-state index is -0.458. The molecule has 104 valence electrons. The van der Waals surface area contributed by atoms with E-state index in [-0.39, 0.29) is 0 Å². The average molecular weight is 278 g/mol. The molecule has 1 N–H and O–H groups in total. The molecular weight excluding hydrogens is 256 g/mol. The average Bonchev–Trinajstić information content (AvgIpc) is 2.39. The van der Waals surface area contributed by atoms with E-state index in [0.29, 0.717) is 5.25 Å². The van der Waals surface area contributed by atoms with Crippen LogP contribution in [0.25, 0.3) is 0 Å². The minimum Gasteiger partial charge on any atom is -0.497 e. The van der Waals surface area contributed by atoms with Crippen molar-refractivity contribution in [2.75, 3.05) is 13.7 Å². The van der Waals surface area contributed by atoms with Gasteiger partial charge in [0.2, 0.25) is 0 Å². The van der Waals surface area contributed by atoms with E-state index >= 15 is 0 Å². The maximum atomic E-state index is 9.27. The Bertz CT molecular complexity index is 444. The number of methoxy groups -OCH3 is 1. The van der Waals surface area contributed by atoms with E-state index in [9.17, 15) is 5.26 Å². The lowest BCUT2D eigenvalue weighted by Crippen LogP contribution is -2.42. The molecule has 0 aliphatic carbocycles. The Balaban J connectivity index is 2.64. The number of rotatable bonds is 7. The van der Waals surface area contributed by atoms with Gasteiger partial charge in [0.1, 0.15) is 11.3 Å². The van der Waals surface area contributed by atoms with Crippen LogP contribution < -0.4 is 10.1 Å². The summed E-state index contributed by atoms with van der Waals surface area (Å²) in [6.07, 6.45) is 0.805. The second kappa shape index (κ2) is 7.42. The van der Waals surface area contributed by atoms with Gasteiger partial charge in [-0.15, -0.1) is 11.8 Å². The van der Waals surface area contributed by atoms with Crippen LogP contribution >= 0.6 is 11.8 Å². The van der Waals surface area contributed by atoms with Gasteiger partial charge in [0.05, 0.1) is 13.2 Å². The van der Waals surface area contributed by atoms with Crippen LogP contribution in [0, 0.1) is 11.3 Å². The molecule has 0 radical (unpaired) electrons. The lowest BCUT2D eigenvalue weighted by atomic mass is 9.98. The third kappa shape index (κ3) is 5.14. The number of nitrogens with one attached hydrogen (secondary N) is 1. The fourth-order valence-corrected chi connectivity index (χ4v) is 3.29. The maximum Gasteiger partial charge on any atom is 0.119 e. The summed E-state index contributed by atoms with van der Waals surface area (Å²) in [5, 5.41) is 12.9. The van der Waals surface area contributed by atoms with Crippen molar-refractivity contribution >= 4 is 11.8 Å². The second-order valence-electron chi connectivity index (χ2n) is 4.79. The number of nitriles is 1. The summed E-state index contributed by atoms with van der Waals surface area (Å²) >= 11 is 1.77. The molecule has 0 saturated heterocycles. The monoisotopic (exact) mass is 278 g/mol. The third-order valence-electron chi connectivity index (χ3n) is 2.89. The third-order valence-corrected chi connectivity index (χ3v) is 3.98. The predicted octanol–water partition coefficient (Wildman–Crippen LogP) is 3.46. The molecule has 3 nitrogen and oxygen atoms in total. The van der Waals surface area contributed by atoms with Crippen molar-refractivity contribution in [3.63, 3.8) is 0 Å². The van der Waals surface area contributed by atoms with Gasteiger partial charge in [-0.05, 0) is 38.1 Å². The zero-order valence-electron chi connectivity index (χ0n) is 12.1. The molecule has 0 aliphatic rings. The highest BCUT2D eigenvalue weighted by molar-refractivity contribution is 7.99.